The highest BCUT2D eigenvalue weighted by Gasteiger charge is 2.19. The van der Waals surface area contributed by atoms with Crippen molar-refractivity contribution < 1.29 is 16.5 Å². The number of halogens is 1. The monoisotopic (exact) mass is 545 g/mol. The van der Waals surface area contributed by atoms with Crippen LogP contribution >= 0.6 is 0 Å². The van der Waals surface area contributed by atoms with E-state index in [1.165, 1.54) is 12.1 Å². The molecule has 0 saturated carbocycles. The Morgan fingerprint density at radius 1 is 1.03 bits per heavy atom. The maximum atomic E-state index is 14.0. The lowest BCUT2D eigenvalue weighted by Gasteiger charge is -2.17. The smallest absolute Gasteiger partial charge is 0.358 e. The molecule has 0 unspecified atom stereocenters. The van der Waals surface area contributed by atoms with Gasteiger partial charge in [0.1, 0.15) is 11.4 Å². The molecule has 7 nitrogen and oxygen atoms in total. The average molecular weight is 546 g/mol. The van der Waals surface area contributed by atoms with E-state index < -0.39 is 10.5 Å². The predicted octanol–water partition coefficient (Wildman–Crippen LogP) is 6.91. The Morgan fingerprint density at radius 2 is 1.82 bits per heavy atom. The summed E-state index contributed by atoms with van der Waals surface area (Å²) in [7, 11) is -5.17. The zero-order chi connectivity index (χ0) is 27.7. The zero-order valence-electron chi connectivity index (χ0n) is 21.8. The van der Waals surface area contributed by atoms with Crippen molar-refractivity contribution in [3.8, 4) is 22.9 Å². The first-order chi connectivity index (χ1) is 18.7. The molecule has 0 aliphatic carbocycles. The van der Waals surface area contributed by atoms with Gasteiger partial charge in [-0.3, -0.25) is 4.79 Å². The standard InChI is InChI=1S/C30H28FN3O4S/c1-3-5-8-21-16-25-27(17-24(21)20-9-7-10-22(15-20)38-39(31,36)37)34(13-6-4-2)30-28(29(25)35)23-12-11-19(18-32)14-26(23)33-30/h7,9-12,14-17,33H,3-6,8,13H2,1-2H3. The van der Waals surface area contributed by atoms with Gasteiger partial charge < -0.3 is 13.7 Å². The number of unbranched alkanes of at least 4 members (excludes halogenated alkanes) is 2. The molecule has 9 heteroatoms. The van der Waals surface area contributed by atoms with Crippen LogP contribution in [0.1, 0.15) is 50.7 Å². The highest BCUT2D eigenvalue weighted by molar-refractivity contribution is 7.81. The first-order valence-corrected chi connectivity index (χ1v) is 14.3. The molecule has 200 valence electrons. The van der Waals surface area contributed by atoms with E-state index in [0.29, 0.717) is 40.5 Å². The van der Waals surface area contributed by atoms with Crippen LogP contribution in [0.2, 0.25) is 0 Å². The first kappa shape index (κ1) is 26.4. The number of pyridine rings is 1. The molecule has 5 rings (SSSR count). The van der Waals surface area contributed by atoms with E-state index in [9.17, 15) is 22.4 Å². The Hall–Kier alpha value is -4.16. The quantitative estimate of drug-likeness (QED) is 0.203. The molecule has 2 heterocycles. The molecule has 1 N–H and O–H groups in total. The molecule has 0 saturated heterocycles. The summed E-state index contributed by atoms with van der Waals surface area (Å²) in [5, 5.41) is 11.3. The Morgan fingerprint density at radius 3 is 2.54 bits per heavy atom. The van der Waals surface area contributed by atoms with Crippen LogP contribution in [0, 0.1) is 11.3 Å². The summed E-state index contributed by atoms with van der Waals surface area (Å²) in [6.07, 6.45) is 4.39. The normalized spacial score (nSPS) is 11.8. The molecule has 5 aromatic rings. The van der Waals surface area contributed by atoms with Crippen molar-refractivity contribution >= 4 is 43.3 Å². The van der Waals surface area contributed by atoms with Gasteiger partial charge >= 0.3 is 10.5 Å². The topological polar surface area (TPSA) is 105 Å². The molecule has 0 radical (unpaired) electrons. The average Bonchev–Trinajstić information content (AvgIpc) is 3.29. The number of benzene rings is 3. The number of nitriles is 1. The van der Waals surface area contributed by atoms with Gasteiger partial charge in [-0.15, -0.1) is 0 Å². The molecule has 0 aliphatic rings. The highest BCUT2D eigenvalue weighted by Crippen LogP contribution is 2.34. The SMILES string of the molecule is CCCCc1cc2c(=O)c3c4ccc(C#N)cc4[nH]c3n(CCCC)c2cc1-c1cccc(OS(=O)(=O)F)c1. The van der Waals surface area contributed by atoms with E-state index in [1.54, 1.807) is 18.2 Å². The largest absolute Gasteiger partial charge is 0.488 e. The van der Waals surface area contributed by atoms with Gasteiger partial charge in [0, 0.05) is 22.8 Å². The van der Waals surface area contributed by atoms with Gasteiger partial charge in [-0.05, 0) is 72.4 Å². The molecule has 2 aromatic heterocycles. The maximum Gasteiger partial charge on any atom is 0.488 e. The summed E-state index contributed by atoms with van der Waals surface area (Å²) in [5.41, 5.74) is 5.01. The Kier molecular flexibility index (Phi) is 7.15. The predicted molar refractivity (Wildman–Crippen MR) is 152 cm³/mol. The fourth-order valence-corrected chi connectivity index (χ4v) is 5.53. The number of aryl methyl sites for hydroxylation is 2. The van der Waals surface area contributed by atoms with Gasteiger partial charge in [0.05, 0.1) is 22.5 Å². The molecule has 3 aromatic carbocycles. The molecular weight excluding hydrogens is 517 g/mol. The minimum atomic E-state index is -5.17. The summed E-state index contributed by atoms with van der Waals surface area (Å²) >= 11 is 0. The minimum absolute atomic E-state index is 0.0892. The summed E-state index contributed by atoms with van der Waals surface area (Å²) in [6.45, 7) is 4.85. The summed E-state index contributed by atoms with van der Waals surface area (Å²) < 4.78 is 42.1. The van der Waals surface area contributed by atoms with Crippen LogP contribution in [0.3, 0.4) is 0 Å². The van der Waals surface area contributed by atoms with Crippen LogP contribution in [0.5, 0.6) is 5.75 Å². The van der Waals surface area contributed by atoms with Gasteiger partial charge in [0.2, 0.25) is 0 Å². The maximum absolute atomic E-state index is 14.0. The number of H-pyrrole nitrogens is 1. The lowest BCUT2D eigenvalue weighted by atomic mass is 9.93. The van der Waals surface area contributed by atoms with Crippen molar-refractivity contribution in [3.05, 3.63) is 75.9 Å². The van der Waals surface area contributed by atoms with Gasteiger partial charge in [0.25, 0.3) is 0 Å². The number of hydrogen-bond acceptors (Lipinski definition) is 5. The molecule has 0 fully saturated rings. The van der Waals surface area contributed by atoms with Crippen LogP contribution in [-0.4, -0.2) is 18.0 Å². The summed E-state index contributed by atoms with van der Waals surface area (Å²) in [4.78, 5) is 17.4. The van der Waals surface area contributed by atoms with Gasteiger partial charge in [-0.2, -0.15) is 13.7 Å². The van der Waals surface area contributed by atoms with Crippen molar-refractivity contribution in [1.82, 2.24) is 9.55 Å². The third-order valence-electron chi connectivity index (χ3n) is 7.04. The molecular formula is C30H28FN3O4S. The van der Waals surface area contributed by atoms with Gasteiger partial charge in [0.15, 0.2) is 5.43 Å². The summed E-state index contributed by atoms with van der Waals surface area (Å²) in [5.74, 6) is -0.126. The number of hydrogen-bond donors (Lipinski definition) is 1. The van der Waals surface area contributed by atoms with E-state index in [1.807, 2.05) is 24.3 Å². The summed E-state index contributed by atoms with van der Waals surface area (Å²) in [6, 6.07) is 17.7. The van der Waals surface area contributed by atoms with Crippen LogP contribution in [-0.2, 0) is 23.5 Å². The number of rotatable bonds is 9. The van der Waals surface area contributed by atoms with Gasteiger partial charge in [-0.1, -0.05) is 48.8 Å². The first-order valence-electron chi connectivity index (χ1n) is 13.0. The molecule has 39 heavy (non-hydrogen) atoms. The fourth-order valence-electron chi connectivity index (χ4n) is 5.20. The van der Waals surface area contributed by atoms with E-state index >= 15 is 0 Å². The number of aromatic amines is 1. The van der Waals surface area contributed by atoms with E-state index in [-0.39, 0.29) is 11.2 Å². The molecule has 0 spiro atoms. The lowest BCUT2D eigenvalue weighted by Crippen LogP contribution is -2.12. The van der Waals surface area contributed by atoms with E-state index in [4.69, 9.17) is 0 Å². The third kappa shape index (κ3) is 5.12. The van der Waals surface area contributed by atoms with Crippen molar-refractivity contribution in [1.29, 1.82) is 5.26 Å². The fraction of sp³-hybridized carbons (Fsp3) is 0.267. The number of nitrogens with zero attached hydrogens (tertiary/aromatic N) is 2. The Labute approximate surface area is 225 Å². The van der Waals surface area contributed by atoms with Crippen LogP contribution < -0.4 is 9.61 Å². The van der Waals surface area contributed by atoms with E-state index in [0.717, 1.165) is 53.2 Å². The second kappa shape index (κ2) is 10.5. The Balaban J connectivity index is 1.85. The second-order valence-corrected chi connectivity index (χ2v) is 10.6. The Bertz CT molecular complexity index is 1930. The molecule has 0 aliphatic heterocycles. The number of fused-ring (bicyclic) bond motifs is 4. The molecule has 0 amide bonds. The van der Waals surface area contributed by atoms with Gasteiger partial charge in [-0.25, -0.2) is 0 Å². The zero-order valence-corrected chi connectivity index (χ0v) is 22.6. The lowest BCUT2D eigenvalue weighted by molar-refractivity contribution is 0.440. The van der Waals surface area contributed by atoms with Crippen molar-refractivity contribution in [2.75, 3.05) is 0 Å². The van der Waals surface area contributed by atoms with Crippen molar-refractivity contribution in [3.63, 3.8) is 0 Å². The van der Waals surface area contributed by atoms with Crippen LogP contribution in [0.15, 0.2) is 59.4 Å². The van der Waals surface area contributed by atoms with Crippen LogP contribution in [0.25, 0.3) is 44.0 Å². The van der Waals surface area contributed by atoms with E-state index in [2.05, 4.69) is 33.7 Å². The molecule has 0 atom stereocenters. The second-order valence-electron chi connectivity index (χ2n) is 9.69. The number of aromatic nitrogens is 2. The number of nitrogens with one attached hydrogen (secondary N) is 1. The molecule has 0 bridgehead atoms. The third-order valence-corrected chi connectivity index (χ3v) is 7.43. The highest BCUT2D eigenvalue weighted by atomic mass is 32.3. The van der Waals surface area contributed by atoms with Crippen molar-refractivity contribution in [2.45, 2.75) is 52.5 Å². The van der Waals surface area contributed by atoms with Crippen molar-refractivity contribution in [2.24, 2.45) is 0 Å². The minimum Gasteiger partial charge on any atom is -0.358 e. The van der Waals surface area contributed by atoms with Crippen LogP contribution in [0.4, 0.5) is 3.89 Å².